The molecule has 11 nitrogen and oxygen atoms in total. The van der Waals surface area contributed by atoms with E-state index in [9.17, 15) is 19.2 Å². The van der Waals surface area contributed by atoms with Crippen LogP contribution in [0, 0.1) is 5.92 Å². The zero-order valence-electron chi connectivity index (χ0n) is 24.2. The maximum absolute atomic E-state index is 13.4. The maximum atomic E-state index is 13.4. The SMILES string of the molecule is CCN(CC)CC(C)C(C)OC(=O)C(C)(c1ccccc1)c1ccccc1.O.O=C(O)CC(O)(CC(=O)O)C(=O)O. The predicted molar refractivity (Wildman–Crippen MR) is 153 cm³/mol. The molecule has 0 amide bonds. The standard InChI is InChI=1S/C24H33NO2.C6H8O7.H2O/c1-6-25(7-2)18-19(3)20(4)27-23(26)24(5,21-14-10-8-11-15-21)22-16-12-9-13-17-22;7-3(8)1-6(13,5(11)12)2-4(9)10;/h8-17,19-20H,6-7,18H2,1-5H3;13H,1-2H2,(H,7,8)(H,9,10)(H,11,12);1H2. The number of nitrogens with zero attached hydrogens (tertiary/aromatic N) is 1. The zero-order valence-corrected chi connectivity index (χ0v) is 24.2. The summed E-state index contributed by atoms with van der Waals surface area (Å²) in [6.45, 7) is 13.4. The van der Waals surface area contributed by atoms with Gasteiger partial charge in [-0.25, -0.2) is 4.79 Å². The summed E-state index contributed by atoms with van der Waals surface area (Å²) in [6, 6.07) is 19.8. The number of carboxylic acid groups (broad SMARTS) is 3. The van der Waals surface area contributed by atoms with E-state index in [-0.39, 0.29) is 23.5 Å². The number of carbonyl (C=O) groups is 4. The lowest BCUT2D eigenvalue weighted by Crippen LogP contribution is -2.42. The second kappa shape index (κ2) is 17.1. The number of rotatable bonds is 14. The van der Waals surface area contributed by atoms with Crippen molar-refractivity contribution in [2.45, 2.75) is 64.6 Å². The Morgan fingerprint density at radius 2 is 1.20 bits per heavy atom. The molecule has 2 aromatic carbocycles. The van der Waals surface area contributed by atoms with Crippen molar-refractivity contribution >= 4 is 23.9 Å². The molecule has 41 heavy (non-hydrogen) atoms. The quantitative estimate of drug-likeness (QED) is 0.243. The number of aliphatic hydroxyl groups is 1. The summed E-state index contributed by atoms with van der Waals surface area (Å²) in [6.07, 6.45) is -2.44. The molecule has 0 saturated carbocycles. The van der Waals surface area contributed by atoms with Crippen LogP contribution in [0.4, 0.5) is 0 Å². The number of ether oxygens (including phenoxy) is 1. The average Bonchev–Trinajstić information content (AvgIpc) is 2.91. The predicted octanol–water partition coefficient (Wildman–Crippen LogP) is 2.83. The van der Waals surface area contributed by atoms with Crippen molar-refractivity contribution in [3.05, 3.63) is 71.8 Å². The van der Waals surface area contributed by atoms with Gasteiger partial charge in [0.2, 0.25) is 0 Å². The van der Waals surface area contributed by atoms with Gasteiger partial charge < -0.3 is 35.5 Å². The van der Waals surface area contributed by atoms with Gasteiger partial charge >= 0.3 is 23.9 Å². The molecule has 11 heteroatoms. The van der Waals surface area contributed by atoms with Crippen LogP contribution in [0.1, 0.15) is 58.6 Å². The first-order valence-electron chi connectivity index (χ1n) is 13.1. The van der Waals surface area contributed by atoms with Crippen LogP contribution >= 0.6 is 0 Å². The highest BCUT2D eigenvalue weighted by atomic mass is 16.5. The van der Waals surface area contributed by atoms with Crippen molar-refractivity contribution in [2.75, 3.05) is 19.6 Å². The first kappa shape index (κ1) is 37.2. The van der Waals surface area contributed by atoms with Crippen LogP contribution in [-0.4, -0.2) is 86.0 Å². The molecule has 0 saturated heterocycles. The van der Waals surface area contributed by atoms with Crippen molar-refractivity contribution < 1.29 is 49.8 Å². The minimum absolute atomic E-state index is 0. The Morgan fingerprint density at radius 3 is 1.51 bits per heavy atom. The molecule has 2 aromatic rings. The number of hydrogen-bond donors (Lipinski definition) is 4. The molecule has 0 aliphatic rings. The molecule has 0 bridgehead atoms. The van der Waals surface area contributed by atoms with Gasteiger partial charge in [0.25, 0.3) is 0 Å². The Bertz CT molecular complexity index is 1050. The third-order valence-corrected chi connectivity index (χ3v) is 6.93. The molecule has 2 unspecified atom stereocenters. The van der Waals surface area contributed by atoms with Gasteiger partial charge in [0.05, 0.1) is 12.8 Å². The Balaban J connectivity index is 0.000000971. The fraction of sp³-hybridized carbons (Fsp3) is 0.467. The number of carboxylic acids is 3. The number of carbonyl (C=O) groups excluding carboxylic acids is 1. The molecule has 228 valence electrons. The van der Waals surface area contributed by atoms with Crippen LogP contribution in [-0.2, 0) is 29.3 Å². The summed E-state index contributed by atoms with van der Waals surface area (Å²) >= 11 is 0. The molecule has 0 fully saturated rings. The molecule has 2 atom stereocenters. The van der Waals surface area contributed by atoms with E-state index in [1.54, 1.807) is 0 Å². The Morgan fingerprint density at radius 1 is 0.805 bits per heavy atom. The minimum atomic E-state index is -2.74. The van der Waals surface area contributed by atoms with E-state index in [0.29, 0.717) is 0 Å². The second-order valence-electron chi connectivity index (χ2n) is 9.91. The number of aliphatic carboxylic acids is 3. The van der Waals surface area contributed by atoms with Crippen molar-refractivity contribution in [1.29, 1.82) is 0 Å². The molecule has 0 aliphatic carbocycles. The van der Waals surface area contributed by atoms with Gasteiger partial charge in [-0.05, 0) is 38.1 Å². The van der Waals surface area contributed by atoms with Crippen molar-refractivity contribution in [3.63, 3.8) is 0 Å². The van der Waals surface area contributed by atoms with Gasteiger partial charge in [-0.2, -0.15) is 0 Å². The summed E-state index contributed by atoms with van der Waals surface area (Å²) in [5.74, 6) is -4.95. The summed E-state index contributed by atoms with van der Waals surface area (Å²) in [5.41, 5.74) is -1.67. The normalized spacial score (nSPS) is 12.7. The average molecular weight is 578 g/mol. The van der Waals surface area contributed by atoms with E-state index < -0.39 is 41.8 Å². The second-order valence-corrected chi connectivity index (χ2v) is 9.91. The largest absolute Gasteiger partial charge is 0.481 e. The van der Waals surface area contributed by atoms with Crippen LogP contribution in [0.15, 0.2) is 60.7 Å². The van der Waals surface area contributed by atoms with E-state index in [2.05, 4.69) is 25.7 Å². The van der Waals surface area contributed by atoms with Crippen molar-refractivity contribution in [2.24, 2.45) is 5.92 Å². The van der Waals surface area contributed by atoms with Crippen molar-refractivity contribution in [1.82, 2.24) is 4.90 Å². The topological polar surface area (TPSA) is 193 Å². The van der Waals surface area contributed by atoms with Gasteiger partial charge in [-0.15, -0.1) is 0 Å². The van der Waals surface area contributed by atoms with Crippen LogP contribution in [0.3, 0.4) is 0 Å². The van der Waals surface area contributed by atoms with Crippen LogP contribution in [0.5, 0.6) is 0 Å². The van der Waals surface area contributed by atoms with Crippen LogP contribution in [0.2, 0.25) is 0 Å². The Kier molecular flexibility index (Phi) is 15.5. The lowest BCUT2D eigenvalue weighted by molar-refractivity contribution is -0.170. The smallest absolute Gasteiger partial charge is 0.336 e. The van der Waals surface area contributed by atoms with E-state index in [1.165, 1.54) is 0 Å². The highest BCUT2D eigenvalue weighted by Gasteiger charge is 2.41. The lowest BCUT2D eigenvalue weighted by Gasteiger charge is -2.32. The molecule has 0 radical (unpaired) electrons. The maximum Gasteiger partial charge on any atom is 0.336 e. The Hall–Kier alpha value is -3.80. The third-order valence-electron chi connectivity index (χ3n) is 6.93. The zero-order chi connectivity index (χ0) is 30.5. The summed E-state index contributed by atoms with van der Waals surface area (Å²) in [5, 5.41) is 33.8. The fourth-order valence-corrected chi connectivity index (χ4v) is 4.10. The fourth-order valence-electron chi connectivity index (χ4n) is 4.10. The first-order chi connectivity index (χ1) is 18.7. The van der Waals surface area contributed by atoms with E-state index >= 15 is 0 Å². The van der Waals surface area contributed by atoms with E-state index in [0.717, 1.165) is 30.8 Å². The summed E-state index contributed by atoms with van der Waals surface area (Å²) in [7, 11) is 0. The highest BCUT2D eigenvalue weighted by molar-refractivity contribution is 5.88. The summed E-state index contributed by atoms with van der Waals surface area (Å²) < 4.78 is 6.01. The lowest BCUT2D eigenvalue weighted by atomic mass is 9.76. The molecule has 0 spiro atoms. The van der Waals surface area contributed by atoms with Gasteiger partial charge in [-0.1, -0.05) is 81.4 Å². The molecule has 0 aromatic heterocycles. The molecule has 6 N–H and O–H groups in total. The monoisotopic (exact) mass is 577 g/mol. The summed E-state index contributed by atoms with van der Waals surface area (Å²) in [4.78, 5) is 46.2. The van der Waals surface area contributed by atoms with Crippen LogP contribution < -0.4 is 0 Å². The van der Waals surface area contributed by atoms with Gasteiger partial charge in [0.1, 0.15) is 11.5 Å². The third kappa shape index (κ3) is 10.9. The molecule has 0 aliphatic heterocycles. The number of hydrogen-bond acceptors (Lipinski definition) is 7. The van der Waals surface area contributed by atoms with Gasteiger partial charge in [0.15, 0.2) is 5.60 Å². The molecule has 2 rings (SSSR count). The highest BCUT2D eigenvalue weighted by Crippen LogP contribution is 2.34. The number of benzene rings is 2. The Labute approximate surface area is 240 Å². The first-order valence-corrected chi connectivity index (χ1v) is 13.1. The molecular formula is C30H43NO10. The molecule has 0 heterocycles. The number of esters is 1. The van der Waals surface area contributed by atoms with Gasteiger partial charge in [-0.3, -0.25) is 14.4 Å². The minimum Gasteiger partial charge on any atom is -0.481 e. The van der Waals surface area contributed by atoms with Gasteiger partial charge in [0, 0.05) is 12.5 Å². The van der Waals surface area contributed by atoms with Crippen molar-refractivity contribution in [3.8, 4) is 0 Å². The molecular weight excluding hydrogens is 534 g/mol. The van der Waals surface area contributed by atoms with E-state index in [1.807, 2.05) is 74.5 Å². The van der Waals surface area contributed by atoms with E-state index in [4.69, 9.17) is 25.2 Å². The van der Waals surface area contributed by atoms with Crippen LogP contribution in [0.25, 0.3) is 0 Å².